The van der Waals surface area contributed by atoms with Crippen molar-refractivity contribution in [3.63, 3.8) is 0 Å². The highest BCUT2D eigenvalue weighted by Gasteiger charge is 2.47. The van der Waals surface area contributed by atoms with Crippen molar-refractivity contribution in [2.45, 2.75) is 109 Å². The van der Waals surface area contributed by atoms with Crippen LogP contribution in [0.25, 0.3) is 0 Å². The number of nitrogens with one attached hydrogen (secondary N) is 1. The summed E-state index contributed by atoms with van der Waals surface area (Å²) in [5.74, 6) is -0.458. The zero-order chi connectivity index (χ0) is 26.4. The minimum absolute atomic E-state index is 0.00559. The third-order valence-electron chi connectivity index (χ3n) is 7.30. The fourth-order valence-corrected chi connectivity index (χ4v) is 5.74. The van der Waals surface area contributed by atoms with Gasteiger partial charge >= 0.3 is 11.7 Å². The molecule has 0 bridgehead atoms. The highest BCUT2D eigenvalue weighted by Crippen LogP contribution is 2.41. The Morgan fingerprint density at radius 3 is 2.54 bits per heavy atom. The van der Waals surface area contributed by atoms with Crippen molar-refractivity contribution in [2.75, 3.05) is 13.2 Å². The van der Waals surface area contributed by atoms with E-state index in [0.29, 0.717) is 18.4 Å². The average Bonchev–Trinajstić information content (AvgIpc) is 3.20. The molecule has 35 heavy (non-hydrogen) atoms. The van der Waals surface area contributed by atoms with E-state index in [1.54, 1.807) is 20.8 Å². The maximum atomic E-state index is 12.6. The number of aromatic nitrogens is 2. The lowest BCUT2D eigenvalue weighted by Crippen LogP contribution is -2.46. The summed E-state index contributed by atoms with van der Waals surface area (Å²) in [5, 5.41) is 10.1. The third kappa shape index (κ3) is 6.51. The molecule has 0 amide bonds. The summed E-state index contributed by atoms with van der Waals surface area (Å²) in [4.78, 5) is 39.2. The van der Waals surface area contributed by atoms with Crippen LogP contribution in [0.5, 0.6) is 0 Å². The largest absolute Gasteiger partial charge is 0.463 e. The average molecular weight is 513 g/mol. The molecule has 0 radical (unpaired) electrons. The number of carbonyl (C=O) groups is 1. The van der Waals surface area contributed by atoms with Crippen LogP contribution in [-0.2, 0) is 23.4 Å². The molecule has 0 spiro atoms. The number of rotatable bonds is 7. The van der Waals surface area contributed by atoms with Crippen molar-refractivity contribution < 1.29 is 28.5 Å². The highest BCUT2D eigenvalue weighted by atomic mass is 28.4. The van der Waals surface area contributed by atoms with Gasteiger partial charge < -0.3 is 23.7 Å². The lowest BCUT2D eigenvalue weighted by molar-refractivity contribution is -0.155. The second-order valence-electron chi connectivity index (χ2n) is 12.0. The normalized spacial score (nSPS) is 31.6. The van der Waals surface area contributed by atoms with Gasteiger partial charge in [-0.15, -0.1) is 0 Å². The number of aliphatic hydroxyl groups is 1. The molecule has 3 rings (SSSR count). The molecule has 2 aliphatic rings. The third-order valence-corrected chi connectivity index (χ3v) is 11.8. The summed E-state index contributed by atoms with van der Waals surface area (Å²) in [7, 11) is -2.20. The molecule has 11 heteroatoms. The van der Waals surface area contributed by atoms with Gasteiger partial charge in [-0.05, 0) is 38.9 Å². The number of ether oxygens (including phenoxy) is 3. The first-order valence-electron chi connectivity index (χ1n) is 12.1. The van der Waals surface area contributed by atoms with Crippen LogP contribution in [0.4, 0.5) is 0 Å². The molecule has 0 aliphatic carbocycles. The van der Waals surface area contributed by atoms with Crippen molar-refractivity contribution in [2.24, 2.45) is 0 Å². The van der Waals surface area contributed by atoms with E-state index < -0.39 is 55.2 Å². The van der Waals surface area contributed by atoms with E-state index in [0.717, 1.165) is 0 Å². The van der Waals surface area contributed by atoms with Crippen LogP contribution in [0.15, 0.2) is 15.8 Å². The Hall–Kier alpha value is -1.79. The first-order chi connectivity index (χ1) is 15.9. The van der Waals surface area contributed by atoms with Crippen molar-refractivity contribution in [1.82, 2.24) is 9.55 Å². The van der Waals surface area contributed by atoms with Crippen LogP contribution in [0.3, 0.4) is 0 Å². The number of H-pyrrole nitrogens is 1. The zero-order valence-electron chi connectivity index (χ0n) is 22.1. The molecule has 2 aliphatic heterocycles. The number of hydrogen-bond donors (Lipinski definition) is 2. The van der Waals surface area contributed by atoms with Crippen LogP contribution in [0.2, 0.25) is 18.1 Å². The number of aromatic amines is 1. The summed E-state index contributed by atoms with van der Waals surface area (Å²) in [6.07, 6.45) is 0.554. The number of carbonyl (C=O) groups excluding carboxylic acids is 1. The Balaban J connectivity index is 1.75. The molecule has 198 valence electrons. The molecule has 1 unspecified atom stereocenters. The van der Waals surface area contributed by atoms with Gasteiger partial charge in [0.1, 0.15) is 18.9 Å². The molecular weight excluding hydrogens is 472 g/mol. The van der Waals surface area contributed by atoms with E-state index in [2.05, 4.69) is 38.8 Å². The number of nitrogens with zero attached hydrogens (tertiary/aromatic N) is 1. The van der Waals surface area contributed by atoms with Crippen LogP contribution >= 0.6 is 0 Å². The van der Waals surface area contributed by atoms with Gasteiger partial charge in [0.25, 0.3) is 5.56 Å². The van der Waals surface area contributed by atoms with Gasteiger partial charge in [0.05, 0.1) is 30.3 Å². The SMILES string of the molecule is Cc1cn([C@H]2C[C@H](O[Si](C)(C)C(C)(C)C)[C@@H](COC(=O)CC3(C)C[C@@](C)(O)CO3)O2)c(=O)[nH]c1=O. The predicted octanol–water partition coefficient (Wildman–Crippen LogP) is 2.39. The van der Waals surface area contributed by atoms with Crippen molar-refractivity contribution in [1.29, 1.82) is 0 Å². The molecular formula is C24H40N2O8Si. The molecule has 1 aromatic rings. The van der Waals surface area contributed by atoms with E-state index in [1.807, 2.05) is 0 Å². The van der Waals surface area contributed by atoms with Crippen LogP contribution in [0, 0.1) is 6.92 Å². The fourth-order valence-electron chi connectivity index (χ4n) is 4.38. The van der Waals surface area contributed by atoms with Crippen LogP contribution in [0.1, 0.15) is 65.7 Å². The topological polar surface area (TPSA) is 129 Å². The van der Waals surface area contributed by atoms with E-state index >= 15 is 0 Å². The Kier molecular flexibility index (Phi) is 7.61. The second-order valence-corrected chi connectivity index (χ2v) is 16.8. The van der Waals surface area contributed by atoms with E-state index in [4.69, 9.17) is 18.6 Å². The Morgan fingerprint density at radius 1 is 1.31 bits per heavy atom. The maximum Gasteiger partial charge on any atom is 0.330 e. The first-order valence-corrected chi connectivity index (χ1v) is 15.0. The molecule has 2 N–H and O–H groups in total. The molecule has 2 saturated heterocycles. The standard InChI is InChI=1S/C24H40N2O8Si/c1-15-11-26(21(29)25-20(15)28)18-9-16(34-35(7,8)22(2,3)4)17(33-18)12-31-19(27)10-24(6)13-23(5,30)14-32-24/h11,16-18,30H,9-10,12-14H2,1-8H3,(H,25,28,29)/t16-,17+,18+,23+,24?/m0/s1. The smallest absolute Gasteiger partial charge is 0.330 e. The number of hydrogen-bond acceptors (Lipinski definition) is 8. The molecule has 1 aromatic heterocycles. The van der Waals surface area contributed by atoms with Gasteiger partial charge in [0.2, 0.25) is 0 Å². The van der Waals surface area contributed by atoms with Gasteiger partial charge in [0, 0.05) is 24.6 Å². The summed E-state index contributed by atoms with van der Waals surface area (Å²) >= 11 is 0. The Morgan fingerprint density at radius 2 is 1.97 bits per heavy atom. The lowest BCUT2D eigenvalue weighted by atomic mass is 9.91. The summed E-state index contributed by atoms with van der Waals surface area (Å²) < 4.78 is 25.4. The molecule has 2 fully saturated rings. The van der Waals surface area contributed by atoms with E-state index in [1.165, 1.54) is 10.8 Å². The second kappa shape index (κ2) is 9.58. The zero-order valence-corrected chi connectivity index (χ0v) is 23.1. The molecule has 3 heterocycles. The van der Waals surface area contributed by atoms with Gasteiger partial charge in [-0.25, -0.2) is 4.79 Å². The quantitative estimate of drug-likeness (QED) is 0.421. The van der Waals surface area contributed by atoms with Crippen LogP contribution in [-0.4, -0.2) is 65.6 Å². The van der Waals surface area contributed by atoms with Crippen molar-refractivity contribution >= 4 is 14.3 Å². The fraction of sp³-hybridized carbons (Fsp3) is 0.792. The van der Waals surface area contributed by atoms with Gasteiger partial charge in [-0.3, -0.25) is 19.1 Å². The van der Waals surface area contributed by atoms with Gasteiger partial charge in [-0.1, -0.05) is 20.8 Å². The number of esters is 1. The lowest BCUT2D eigenvalue weighted by Gasteiger charge is -2.39. The van der Waals surface area contributed by atoms with Crippen molar-refractivity contribution in [3.8, 4) is 0 Å². The van der Waals surface area contributed by atoms with E-state index in [-0.39, 0.29) is 24.7 Å². The molecule has 0 aromatic carbocycles. The van der Waals surface area contributed by atoms with Gasteiger partial charge in [-0.2, -0.15) is 0 Å². The molecule has 10 nitrogen and oxygen atoms in total. The Bertz CT molecular complexity index is 1060. The first kappa shape index (κ1) is 27.8. The maximum absolute atomic E-state index is 12.6. The van der Waals surface area contributed by atoms with Crippen molar-refractivity contribution in [3.05, 3.63) is 32.6 Å². The van der Waals surface area contributed by atoms with Crippen LogP contribution < -0.4 is 11.2 Å². The monoisotopic (exact) mass is 512 g/mol. The summed E-state index contributed by atoms with van der Waals surface area (Å²) in [6, 6.07) is 0. The number of aryl methyl sites for hydroxylation is 1. The Labute approximate surface area is 207 Å². The highest BCUT2D eigenvalue weighted by molar-refractivity contribution is 6.74. The predicted molar refractivity (Wildman–Crippen MR) is 132 cm³/mol. The van der Waals surface area contributed by atoms with E-state index in [9.17, 15) is 19.5 Å². The minimum Gasteiger partial charge on any atom is -0.463 e. The molecule has 0 saturated carbocycles. The molecule has 5 atom stereocenters. The summed E-state index contributed by atoms with van der Waals surface area (Å²) in [5.41, 5.74) is -2.37. The minimum atomic E-state index is -2.20. The summed E-state index contributed by atoms with van der Waals surface area (Å²) in [6.45, 7) is 15.9. The van der Waals surface area contributed by atoms with Gasteiger partial charge in [0.15, 0.2) is 8.32 Å².